The van der Waals surface area contributed by atoms with Gasteiger partial charge in [-0.15, -0.1) is 0 Å². The maximum atomic E-state index is 11.6. The van der Waals surface area contributed by atoms with Gasteiger partial charge in [0.1, 0.15) is 0 Å². The predicted octanol–water partition coefficient (Wildman–Crippen LogP) is 2.47. The summed E-state index contributed by atoms with van der Waals surface area (Å²) in [5, 5.41) is 0. The summed E-state index contributed by atoms with van der Waals surface area (Å²) in [6.07, 6.45) is 0. The van der Waals surface area contributed by atoms with E-state index in [1.807, 2.05) is 30.3 Å². The van der Waals surface area contributed by atoms with Gasteiger partial charge >= 0.3 is 0 Å². The van der Waals surface area contributed by atoms with E-state index in [1.54, 1.807) is 0 Å². The minimum Gasteiger partial charge on any atom is -0.229 e. The van der Waals surface area contributed by atoms with Crippen molar-refractivity contribution in [2.24, 2.45) is 0 Å². The van der Waals surface area contributed by atoms with Crippen molar-refractivity contribution in [1.82, 2.24) is 0 Å². The monoisotopic (exact) mass is 352 g/mol. The summed E-state index contributed by atoms with van der Waals surface area (Å²) in [6.45, 7) is 0. The van der Waals surface area contributed by atoms with E-state index in [9.17, 15) is 8.42 Å². The van der Waals surface area contributed by atoms with E-state index in [1.165, 1.54) is 0 Å². The molecule has 1 aliphatic heterocycles. The van der Waals surface area contributed by atoms with Gasteiger partial charge in [0.05, 0.1) is 15.8 Å². The second-order valence-electron chi connectivity index (χ2n) is 3.75. The molecule has 2 nitrogen and oxygen atoms in total. The van der Waals surface area contributed by atoms with Crippen molar-refractivity contribution in [3.8, 4) is 0 Å². The molecule has 15 heavy (non-hydrogen) atoms. The van der Waals surface area contributed by atoms with Crippen LogP contribution in [0.3, 0.4) is 0 Å². The minimum absolute atomic E-state index is 0.0719. The highest BCUT2D eigenvalue weighted by Crippen LogP contribution is 2.45. The van der Waals surface area contributed by atoms with Crippen molar-refractivity contribution in [3.63, 3.8) is 0 Å². The van der Waals surface area contributed by atoms with Crippen molar-refractivity contribution in [2.75, 3.05) is 11.5 Å². The van der Waals surface area contributed by atoms with E-state index in [0.717, 1.165) is 5.56 Å². The minimum atomic E-state index is -2.95. The molecule has 2 rings (SSSR count). The first-order chi connectivity index (χ1) is 6.94. The van der Waals surface area contributed by atoms with Gasteiger partial charge in [0.25, 0.3) is 0 Å². The SMILES string of the molecule is O=S1(=O)C[C@H](Br)[C@](Br)(c2ccccc2)C1. The number of hydrogen-bond acceptors (Lipinski definition) is 2. The second-order valence-corrected chi connectivity index (χ2v) is 8.38. The van der Waals surface area contributed by atoms with Crippen molar-refractivity contribution >= 4 is 41.7 Å². The molecule has 0 spiro atoms. The van der Waals surface area contributed by atoms with Crippen LogP contribution in [-0.2, 0) is 14.2 Å². The predicted molar refractivity (Wildman–Crippen MR) is 68.4 cm³/mol. The molecule has 1 saturated heterocycles. The molecule has 0 N–H and O–H groups in total. The van der Waals surface area contributed by atoms with Crippen LogP contribution in [-0.4, -0.2) is 24.8 Å². The summed E-state index contributed by atoms with van der Waals surface area (Å²) in [7, 11) is -2.95. The Hall–Kier alpha value is 0.130. The summed E-state index contributed by atoms with van der Waals surface area (Å²) >= 11 is 7.02. The smallest absolute Gasteiger partial charge is 0.153 e. The van der Waals surface area contributed by atoms with Gasteiger partial charge < -0.3 is 0 Å². The van der Waals surface area contributed by atoms with E-state index in [-0.39, 0.29) is 16.3 Å². The Morgan fingerprint density at radius 2 is 1.87 bits per heavy atom. The van der Waals surface area contributed by atoms with Crippen LogP contribution in [0.4, 0.5) is 0 Å². The Labute approximate surface area is 106 Å². The number of rotatable bonds is 1. The van der Waals surface area contributed by atoms with Gasteiger partial charge in [-0.2, -0.15) is 0 Å². The lowest BCUT2D eigenvalue weighted by molar-refractivity contribution is 0.601. The van der Waals surface area contributed by atoms with E-state index < -0.39 is 14.2 Å². The molecular formula is C10H10Br2O2S. The molecule has 0 saturated carbocycles. The summed E-state index contributed by atoms with van der Waals surface area (Å²) < 4.78 is 22.7. The van der Waals surface area contributed by atoms with Gasteiger partial charge in [0.2, 0.25) is 0 Å². The first-order valence-electron chi connectivity index (χ1n) is 4.53. The normalized spacial score (nSPS) is 34.1. The van der Waals surface area contributed by atoms with Crippen LogP contribution in [0.25, 0.3) is 0 Å². The summed E-state index contributed by atoms with van der Waals surface area (Å²) in [5.74, 6) is 0.340. The highest BCUT2D eigenvalue weighted by atomic mass is 79.9. The molecule has 82 valence electrons. The molecule has 1 aromatic rings. The van der Waals surface area contributed by atoms with Crippen molar-refractivity contribution in [2.45, 2.75) is 9.15 Å². The number of halogens is 2. The zero-order chi connectivity index (χ0) is 11.1. The average molecular weight is 354 g/mol. The third-order valence-electron chi connectivity index (χ3n) is 2.58. The van der Waals surface area contributed by atoms with Gasteiger partial charge in [-0.1, -0.05) is 62.2 Å². The van der Waals surface area contributed by atoms with Crippen LogP contribution in [0.1, 0.15) is 5.56 Å². The zero-order valence-corrected chi connectivity index (χ0v) is 11.8. The molecule has 5 heteroatoms. The maximum absolute atomic E-state index is 11.6. The fraction of sp³-hybridized carbons (Fsp3) is 0.400. The highest BCUT2D eigenvalue weighted by Gasteiger charge is 2.48. The zero-order valence-electron chi connectivity index (χ0n) is 7.86. The molecule has 0 aromatic heterocycles. The quantitative estimate of drug-likeness (QED) is 0.727. The van der Waals surface area contributed by atoms with E-state index in [2.05, 4.69) is 31.9 Å². The Bertz CT molecular complexity index is 458. The number of hydrogen-bond donors (Lipinski definition) is 0. The van der Waals surface area contributed by atoms with Gasteiger partial charge in [-0.05, 0) is 5.56 Å². The standard InChI is InChI=1S/C10H10Br2O2S/c11-9-6-15(13,14)7-10(9,12)8-4-2-1-3-5-8/h1-5,9H,6-7H2/t9-,10+/m0/s1. The van der Waals surface area contributed by atoms with Gasteiger partial charge in [-0.25, -0.2) is 8.42 Å². The molecule has 2 atom stereocenters. The van der Waals surface area contributed by atoms with Crippen LogP contribution in [0.15, 0.2) is 30.3 Å². The van der Waals surface area contributed by atoms with E-state index in [4.69, 9.17) is 0 Å². The number of alkyl halides is 2. The van der Waals surface area contributed by atoms with Gasteiger partial charge in [0.15, 0.2) is 9.84 Å². The lowest BCUT2D eigenvalue weighted by atomic mass is 9.98. The third-order valence-corrected chi connectivity index (χ3v) is 8.13. The Balaban J connectivity index is 2.45. The molecule has 0 radical (unpaired) electrons. The van der Waals surface area contributed by atoms with Crippen LogP contribution in [0.2, 0.25) is 0 Å². The molecule has 1 aromatic carbocycles. The fourth-order valence-corrected chi connectivity index (χ4v) is 7.20. The molecule has 0 aliphatic carbocycles. The topological polar surface area (TPSA) is 34.1 Å². The molecule has 1 fully saturated rings. The Morgan fingerprint density at radius 3 is 2.33 bits per heavy atom. The largest absolute Gasteiger partial charge is 0.229 e. The summed E-state index contributed by atoms with van der Waals surface area (Å²) in [5.41, 5.74) is 1.01. The highest BCUT2D eigenvalue weighted by molar-refractivity contribution is 9.12. The van der Waals surface area contributed by atoms with Crippen LogP contribution in [0.5, 0.6) is 0 Å². The Kier molecular flexibility index (Phi) is 2.99. The first kappa shape index (κ1) is 11.6. The summed E-state index contributed by atoms with van der Waals surface area (Å²) in [6, 6.07) is 9.66. The lowest BCUT2D eigenvalue weighted by Crippen LogP contribution is -2.27. The van der Waals surface area contributed by atoms with Crippen molar-refractivity contribution in [1.29, 1.82) is 0 Å². The van der Waals surface area contributed by atoms with Crippen molar-refractivity contribution in [3.05, 3.63) is 35.9 Å². The van der Waals surface area contributed by atoms with Crippen LogP contribution >= 0.6 is 31.9 Å². The van der Waals surface area contributed by atoms with E-state index in [0.29, 0.717) is 0 Å². The average Bonchev–Trinajstić information content (AvgIpc) is 2.38. The number of sulfone groups is 1. The lowest BCUT2D eigenvalue weighted by Gasteiger charge is -2.24. The first-order valence-corrected chi connectivity index (χ1v) is 8.06. The molecule has 0 amide bonds. The van der Waals surface area contributed by atoms with Gasteiger partial charge in [-0.3, -0.25) is 0 Å². The summed E-state index contributed by atoms with van der Waals surface area (Å²) in [4.78, 5) is -0.0719. The molecule has 0 bridgehead atoms. The molecule has 1 heterocycles. The third kappa shape index (κ3) is 2.15. The number of benzene rings is 1. The van der Waals surface area contributed by atoms with Crippen LogP contribution in [0, 0.1) is 0 Å². The molecule has 0 unspecified atom stereocenters. The molecule has 1 aliphatic rings. The fourth-order valence-electron chi connectivity index (χ4n) is 1.80. The van der Waals surface area contributed by atoms with E-state index >= 15 is 0 Å². The van der Waals surface area contributed by atoms with Crippen LogP contribution < -0.4 is 0 Å². The molecular weight excluding hydrogens is 344 g/mol. The Morgan fingerprint density at radius 1 is 1.27 bits per heavy atom. The second kappa shape index (κ2) is 3.86. The van der Waals surface area contributed by atoms with Gasteiger partial charge in [0, 0.05) is 4.83 Å². The van der Waals surface area contributed by atoms with Crippen molar-refractivity contribution < 1.29 is 8.42 Å². The maximum Gasteiger partial charge on any atom is 0.153 e.